The molecular weight excluding hydrogens is 415 g/mol. The monoisotopic (exact) mass is 440 g/mol. The van der Waals surface area contributed by atoms with E-state index in [2.05, 4.69) is 37.7 Å². The highest BCUT2D eigenvalue weighted by Crippen LogP contribution is 2.35. The first-order chi connectivity index (χ1) is 14.7. The average Bonchev–Trinajstić information content (AvgIpc) is 3.45. The molecule has 2 atom stereocenters. The maximum absolute atomic E-state index is 6.03. The molecule has 0 spiro atoms. The van der Waals surface area contributed by atoms with Gasteiger partial charge in [0.25, 0.3) is 0 Å². The van der Waals surface area contributed by atoms with Crippen LogP contribution < -0.4 is 4.90 Å². The lowest BCUT2D eigenvalue weighted by atomic mass is 10.1. The van der Waals surface area contributed by atoms with E-state index in [1.165, 1.54) is 24.9 Å². The Bertz CT molecular complexity index is 975. The fourth-order valence-corrected chi connectivity index (χ4v) is 5.09. The van der Waals surface area contributed by atoms with E-state index in [0.29, 0.717) is 12.1 Å². The van der Waals surface area contributed by atoms with Gasteiger partial charge in [-0.25, -0.2) is 4.98 Å². The molecule has 2 unspecified atom stereocenters. The molecule has 2 heterocycles. The van der Waals surface area contributed by atoms with E-state index in [1.807, 2.05) is 42.7 Å². The van der Waals surface area contributed by atoms with Gasteiger partial charge in [-0.2, -0.15) is 0 Å². The van der Waals surface area contributed by atoms with Crippen LogP contribution in [0.2, 0.25) is 10.0 Å². The van der Waals surface area contributed by atoms with Gasteiger partial charge in [0.15, 0.2) is 0 Å². The zero-order valence-corrected chi connectivity index (χ0v) is 18.4. The van der Waals surface area contributed by atoms with Crippen LogP contribution in [0, 0.1) is 0 Å². The molecule has 1 saturated carbocycles. The quantitative estimate of drug-likeness (QED) is 0.514. The molecule has 0 radical (unpaired) electrons. The van der Waals surface area contributed by atoms with Crippen LogP contribution in [-0.4, -0.2) is 46.7 Å². The first-order valence-electron chi connectivity index (χ1n) is 10.7. The Hall–Kier alpha value is -2.01. The smallest absolute Gasteiger partial charge is 0.0956 e. The van der Waals surface area contributed by atoms with E-state index in [4.69, 9.17) is 23.2 Å². The number of hydrogen-bond acceptors (Lipinski definition) is 3. The molecule has 0 amide bonds. The Morgan fingerprint density at radius 3 is 2.10 bits per heavy atom. The molecule has 1 aromatic heterocycles. The number of imidazole rings is 1. The van der Waals surface area contributed by atoms with Crippen LogP contribution in [0.4, 0.5) is 5.69 Å². The Morgan fingerprint density at radius 1 is 0.767 bits per heavy atom. The zero-order chi connectivity index (χ0) is 20.5. The number of nitrogens with zero attached hydrogens (tertiary/aromatic N) is 4. The standard InChI is InChI=1S/C24H26Cl2N4/c25-19-3-1-18(2-4-19)24-16-30(17-27-24)23-10-9-22(15-23)29-13-11-28(12-14-29)21-7-5-20(26)6-8-21/h1-8,16-17,22-23H,9-15H2. The molecule has 156 valence electrons. The van der Waals surface area contributed by atoms with E-state index in [0.717, 1.165) is 47.5 Å². The molecule has 1 saturated heterocycles. The van der Waals surface area contributed by atoms with Crippen LogP contribution >= 0.6 is 23.2 Å². The summed E-state index contributed by atoms with van der Waals surface area (Å²) in [5, 5.41) is 1.56. The lowest BCUT2D eigenvalue weighted by Gasteiger charge is -2.39. The molecule has 0 N–H and O–H groups in total. The summed E-state index contributed by atoms with van der Waals surface area (Å²) < 4.78 is 2.31. The highest BCUT2D eigenvalue weighted by molar-refractivity contribution is 6.30. The van der Waals surface area contributed by atoms with Gasteiger partial charge in [0.05, 0.1) is 12.0 Å². The van der Waals surface area contributed by atoms with E-state index in [1.54, 1.807) is 0 Å². The summed E-state index contributed by atoms with van der Waals surface area (Å²) in [6.45, 7) is 4.41. The molecule has 3 aromatic rings. The van der Waals surface area contributed by atoms with E-state index in [-0.39, 0.29) is 0 Å². The van der Waals surface area contributed by atoms with Gasteiger partial charge >= 0.3 is 0 Å². The maximum atomic E-state index is 6.03. The molecule has 6 heteroatoms. The van der Waals surface area contributed by atoms with Crippen LogP contribution in [0.25, 0.3) is 11.3 Å². The van der Waals surface area contributed by atoms with Gasteiger partial charge in [0.1, 0.15) is 0 Å². The molecule has 2 aliphatic rings. The molecule has 0 bridgehead atoms. The third-order valence-corrected chi connectivity index (χ3v) is 7.07. The molecular formula is C24H26Cl2N4. The number of rotatable bonds is 4. The molecule has 30 heavy (non-hydrogen) atoms. The summed E-state index contributed by atoms with van der Waals surface area (Å²) in [6, 6.07) is 17.3. The number of piperazine rings is 1. The van der Waals surface area contributed by atoms with Crippen LogP contribution in [0.1, 0.15) is 25.3 Å². The normalized spacial score (nSPS) is 22.5. The van der Waals surface area contributed by atoms with Crippen molar-refractivity contribution in [3.8, 4) is 11.3 Å². The van der Waals surface area contributed by atoms with E-state index >= 15 is 0 Å². The molecule has 1 aliphatic carbocycles. The van der Waals surface area contributed by atoms with Crippen LogP contribution in [-0.2, 0) is 0 Å². The van der Waals surface area contributed by atoms with E-state index in [9.17, 15) is 0 Å². The summed E-state index contributed by atoms with van der Waals surface area (Å²) >= 11 is 12.0. The second-order valence-electron chi connectivity index (χ2n) is 8.33. The predicted molar refractivity (Wildman–Crippen MR) is 125 cm³/mol. The Morgan fingerprint density at radius 2 is 1.40 bits per heavy atom. The number of halogens is 2. The van der Waals surface area contributed by atoms with Crippen molar-refractivity contribution in [3.05, 3.63) is 71.1 Å². The largest absolute Gasteiger partial charge is 0.369 e. The van der Waals surface area contributed by atoms with Gasteiger partial charge in [-0.05, 0) is 55.7 Å². The van der Waals surface area contributed by atoms with Gasteiger partial charge in [-0.15, -0.1) is 0 Å². The summed E-state index contributed by atoms with van der Waals surface area (Å²) in [4.78, 5) is 9.79. The topological polar surface area (TPSA) is 24.3 Å². The van der Waals surface area contributed by atoms with Crippen molar-refractivity contribution in [2.75, 3.05) is 31.1 Å². The van der Waals surface area contributed by atoms with Crippen molar-refractivity contribution in [2.24, 2.45) is 0 Å². The second-order valence-corrected chi connectivity index (χ2v) is 9.21. The van der Waals surface area contributed by atoms with Crippen LogP contribution in [0.5, 0.6) is 0 Å². The van der Waals surface area contributed by atoms with Crippen LogP contribution in [0.3, 0.4) is 0 Å². The Balaban J connectivity index is 1.18. The zero-order valence-electron chi connectivity index (χ0n) is 16.9. The third kappa shape index (κ3) is 4.22. The Kier molecular flexibility index (Phi) is 5.72. The minimum atomic E-state index is 0.540. The molecule has 1 aliphatic heterocycles. The van der Waals surface area contributed by atoms with Crippen molar-refractivity contribution in [1.29, 1.82) is 0 Å². The minimum absolute atomic E-state index is 0.540. The fraction of sp³-hybridized carbons (Fsp3) is 0.375. The van der Waals surface area contributed by atoms with Crippen molar-refractivity contribution < 1.29 is 0 Å². The highest BCUT2D eigenvalue weighted by atomic mass is 35.5. The van der Waals surface area contributed by atoms with Crippen LogP contribution in [0.15, 0.2) is 61.1 Å². The lowest BCUT2D eigenvalue weighted by Crippen LogP contribution is -2.49. The fourth-order valence-electron chi connectivity index (χ4n) is 4.84. The summed E-state index contributed by atoms with van der Waals surface area (Å²) in [5.74, 6) is 0. The molecule has 4 nitrogen and oxygen atoms in total. The molecule has 2 aromatic carbocycles. The summed E-state index contributed by atoms with van der Waals surface area (Å²) in [6.07, 6.45) is 7.88. The number of hydrogen-bond donors (Lipinski definition) is 0. The number of anilines is 1. The van der Waals surface area contributed by atoms with Crippen molar-refractivity contribution >= 4 is 28.9 Å². The molecule has 5 rings (SSSR count). The van der Waals surface area contributed by atoms with Crippen molar-refractivity contribution in [2.45, 2.75) is 31.3 Å². The number of benzene rings is 2. The average molecular weight is 441 g/mol. The molecule has 2 fully saturated rings. The van der Waals surface area contributed by atoms with Gasteiger partial charge in [-0.1, -0.05) is 35.3 Å². The van der Waals surface area contributed by atoms with Crippen molar-refractivity contribution in [3.63, 3.8) is 0 Å². The summed E-state index contributed by atoms with van der Waals surface area (Å²) in [7, 11) is 0. The first kappa shape index (κ1) is 19.9. The maximum Gasteiger partial charge on any atom is 0.0956 e. The van der Waals surface area contributed by atoms with Gasteiger partial charge < -0.3 is 9.47 Å². The SMILES string of the molecule is Clc1ccc(-c2cn(C3CCC(N4CCN(c5ccc(Cl)cc5)CC4)C3)cn2)cc1. The third-order valence-electron chi connectivity index (χ3n) is 6.56. The van der Waals surface area contributed by atoms with E-state index < -0.39 is 0 Å². The lowest BCUT2D eigenvalue weighted by molar-refractivity contribution is 0.184. The van der Waals surface area contributed by atoms with Crippen molar-refractivity contribution in [1.82, 2.24) is 14.5 Å². The second kappa shape index (κ2) is 8.62. The first-order valence-corrected chi connectivity index (χ1v) is 11.5. The van der Waals surface area contributed by atoms with Gasteiger partial charge in [0.2, 0.25) is 0 Å². The number of aromatic nitrogens is 2. The minimum Gasteiger partial charge on any atom is -0.369 e. The predicted octanol–water partition coefficient (Wildman–Crippen LogP) is 5.77. The van der Waals surface area contributed by atoms with Gasteiger partial charge in [-0.3, -0.25) is 4.90 Å². The Labute approximate surface area is 188 Å². The summed E-state index contributed by atoms with van der Waals surface area (Å²) in [5.41, 5.74) is 3.41. The highest BCUT2D eigenvalue weighted by Gasteiger charge is 2.32. The van der Waals surface area contributed by atoms with Gasteiger partial charge in [0, 0.05) is 65.8 Å².